The molecular weight excluding hydrogens is 370 g/mol. The number of nitrogens with zero attached hydrogens (tertiary/aromatic N) is 3. The zero-order chi connectivity index (χ0) is 20.8. The fourth-order valence-electron chi connectivity index (χ4n) is 3.12. The van der Waals surface area contributed by atoms with Crippen LogP contribution in [0.1, 0.15) is 64.8 Å². The summed E-state index contributed by atoms with van der Waals surface area (Å²) in [4.78, 5) is 30.2. The van der Waals surface area contributed by atoms with E-state index < -0.39 is 0 Å². The minimum absolute atomic E-state index is 0.205. The van der Waals surface area contributed by atoms with Crippen LogP contribution in [0.3, 0.4) is 0 Å². The van der Waals surface area contributed by atoms with Crippen LogP contribution in [-0.4, -0.2) is 48.0 Å². The number of aromatic nitrogens is 1. The third-order valence-electron chi connectivity index (χ3n) is 4.80. The maximum Gasteiger partial charge on any atom is 0.261 e. The molecule has 0 spiro atoms. The molecule has 1 aliphatic heterocycles. The molecule has 154 valence electrons. The molecule has 8 heteroatoms. The van der Waals surface area contributed by atoms with Gasteiger partial charge in [-0.25, -0.2) is 0 Å². The van der Waals surface area contributed by atoms with E-state index in [-0.39, 0.29) is 11.8 Å². The van der Waals surface area contributed by atoms with E-state index in [0.717, 1.165) is 24.3 Å². The molecule has 1 aromatic carbocycles. The Bertz CT molecular complexity index is 868. The second-order valence-corrected chi connectivity index (χ2v) is 7.24. The predicted molar refractivity (Wildman–Crippen MR) is 110 cm³/mol. The van der Waals surface area contributed by atoms with Gasteiger partial charge in [0.2, 0.25) is 0 Å². The smallest absolute Gasteiger partial charge is 0.261 e. The standard InChI is InChI=1S/C21H27N5O3/c1-14(2)18-12-15(29-25-18)13-24-21(22-3)23-10-6-7-11-26-19(27)16-8-4-5-9-17(16)20(26)28/h4-5,8-9,12,14H,6-7,10-11,13H2,1-3H3,(H2,22,23,24). The Morgan fingerprint density at radius 3 is 2.41 bits per heavy atom. The summed E-state index contributed by atoms with van der Waals surface area (Å²) >= 11 is 0. The number of guanidine groups is 1. The highest BCUT2D eigenvalue weighted by Crippen LogP contribution is 2.22. The zero-order valence-corrected chi connectivity index (χ0v) is 17.1. The lowest BCUT2D eigenvalue weighted by molar-refractivity contribution is 0.0652. The summed E-state index contributed by atoms with van der Waals surface area (Å²) in [5.74, 6) is 1.33. The van der Waals surface area contributed by atoms with Gasteiger partial charge in [0.15, 0.2) is 11.7 Å². The lowest BCUT2D eigenvalue weighted by Crippen LogP contribution is -2.37. The predicted octanol–water partition coefficient (Wildman–Crippen LogP) is 2.54. The minimum atomic E-state index is -0.205. The molecule has 29 heavy (non-hydrogen) atoms. The Kier molecular flexibility index (Phi) is 6.64. The van der Waals surface area contributed by atoms with Crippen molar-refractivity contribution >= 4 is 17.8 Å². The molecule has 0 unspecified atom stereocenters. The molecular formula is C21H27N5O3. The fraction of sp³-hybridized carbons (Fsp3) is 0.429. The average molecular weight is 397 g/mol. The summed E-state index contributed by atoms with van der Waals surface area (Å²) in [6, 6.07) is 8.89. The SMILES string of the molecule is CN=C(NCCCCN1C(=O)c2ccccc2C1=O)NCc1cc(C(C)C)no1. The van der Waals surface area contributed by atoms with Gasteiger partial charge >= 0.3 is 0 Å². The number of nitrogens with one attached hydrogen (secondary N) is 2. The van der Waals surface area contributed by atoms with Gasteiger partial charge in [-0.2, -0.15) is 0 Å². The first-order valence-electron chi connectivity index (χ1n) is 9.86. The molecule has 8 nitrogen and oxygen atoms in total. The van der Waals surface area contributed by atoms with Crippen LogP contribution in [0.25, 0.3) is 0 Å². The number of imide groups is 1. The molecule has 1 aliphatic rings. The van der Waals surface area contributed by atoms with Gasteiger partial charge < -0.3 is 15.2 Å². The van der Waals surface area contributed by atoms with Crippen LogP contribution >= 0.6 is 0 Å². The van der Waals surface area contributed by atoms with Crippen molar-refractivity contribution in [1.29, 1.82) is 0 Å². The molecule has 0 bridgehead atoms. The first kappa shape index (κ1) is 20.6. The van der Waals surface area contributed by atoms with Crippen molar-refractivity contribution in [2.45, 2.75) is 39.2 Å². The second kappa shape index (κ2) is 9.36. The molecule has 3 rings (SSSR count). The molecule has 1 aromatic heterocycles. The van der Waals surface area contributed by atoms with E-state index in [1.54, 1.807) is 31.3 Å². The topological polar surface area (TPSA) is 99.8 Å². The largest absolute Gasteiger partial charge is 0.359 e. The molecule has 2 aromatic rings. The lowest BCUT2D eigenvalue weighted by atomic mass is 10.1. The van der Waals surface area contributed by atoms with Gasteiger partial charge in [-0.15, -0.1) is 0 Å². The van der Waals surface area contributed by atoms with Gasteiger partial charge in [0.05, 0.1) is 23.4 Å². The number of hydrogen-bond donors (Lipinski definition) is 2. The summed E-state index contributed by atoms with van der Waals surface area (Å²) < 4.78 is 5.30. The van der Waals surface area contributed by atoms with Crippen LogP contribution in [0.5, 0.6) is 0 Å². The van der Waals surface area contributed by atoms with Crippen molar-refractivity contribution in [2.75, 3.05) is 20.1 Å². The van der Waals surface area contributed by atoms with E-state index in [4.69, 9.17) is 4.52 Å². The molecule has 2 heterocycles. The normalized spacial score (nSPS) is 13.9. The summed E-state index contributed by atoms with van der Waals surface area (Å²) in [6.45, 7) is 5.72. The third-order valence-corrected chi connectivity index (χ3v) is 4.80. The van der Waals surface area contributed by atoms with Crippen LogP contribution < -0.4 is 10.6 Å². The van der Waals surface area contributed by atoms with Crippen molar-refractivity contribution in [3.05, 3.63) is 52.9 Å². The van der Waals surface area contributed by atoms with Gasteiger partial charge in [0.1, 0.15) is 0 Å². The monoisotopic (exact) mass is 397 g/mol. The number of unbranched alkanes of at least 4 members (excludes halogenated alkanes) is 1. The van der Waals surface area contributed by atoms with Crippen molar-refractivity contribution in [1.82, 2.24) is 20.7 Å². The summed E-state index contributed by atoms with van der Waals surface area (Å²) in [7, 11) is 1.70. The van der Waals surface area contributed by atoms with E-state index in [1.165, 1.54) is 4.90 Å². The Labute approximate surface area is 170 Å². The number of amides is 2. The van der Waals surface area contributed by atoms with E-state index >= 15 is 0 Å². The Balaban J connectivity index is 1.37. The molecule has 0 saturated carbocycles. The molecule has 0 aliphatic carbocycles. The van der Waals surface area contributed by atoms with Crippen LogP contribution in [0, 0.1) is 0 Å². The van der Waals surface area contributed by atoms with Crippen LogP contribution in [0.15, 0.2) is 39.8 Å². The van der Waals surface area contributed by atoms with Crippen molar-refractivity contribution in [3.63, 3.8) is 0 Å². The number of carbonyl (C=O) groups excluding carboxylic acids is 2. The summed E-state index contributed by atoms with van der Waals surface area (Å²) in [6.07, 6.45) is 1.52. The third kappa shape index (κ3) is 4.82. The van der Waals surface area contributed by atoms with Gasteiger partial charge in [0.25, 0.3) is 11.8 Å². The van der Waals surface area contributed by atoms with E-state index in [2.05, 4.69) is 34.6 Å². The van der Waals surface area contributed by atoms with Crippen LogP contribution in [-0.2, 0) is 6.54 Å². The van der Waals surface area contributed by atoms with Crippen LogP contribution in [0.4, 0.5) is 0 Å². The second-order valence-electron chi connectivity index (χ2n) is 7.24. The Morgan fingerprint density at radius 2 is 1.83 bits per heavy atom. The Hall–Kier alpha value is -3.16. The van der Waals surface area contributed by atoms with Gasteiger partial charge in [0, 0.05) is 26.2 Å². The maximum atomic E-state index is 12.3. The quantitative estimate of drug-likeness (QED) is 0.307. The summed E-state index contributed by atoms with van der Waals surface area (Å²) in [5.41, 5.74) is 1.92. The highest BCUT2D eigenvalue weighted by Gasteiger charge is 2.34. The maximum absolute atomic E-state index is 12.3. The van der Waals surface area contributed by atoms with Crippen molar-refractivity contribution in [3.8, 4) is 0 Å². The van der Waals surface area contributed by atoms with Crippen LogP contribution in [0.2, 0.25) is 0 Å². The van der Waals surface area contributed by atoms with Gasteiger partial charge in [-0.05, 0) is 30.9 Å². The average Bonchev–Trinajstić information content (AvgIpc) is 3.29. The van der Waals surface area contributed by atoms with E-state index in [0.29, 0.717) is 42.6 Å². The van der Waals surface area contributed by atoms with Gasteiger partial charge in [-0.3, -0.25) is 19.5 Å². The number of carbonyl (C=O) groups is 2. The van der Waals surface area contributed by atoms with Crippen molar-refractivity contribution < 1.29 is 14.1 Å². The first-order valence-corrected chi connectivity index (χ1v) is 9.86. The number of fused-ring (bicyclic) bond motifs is 1. The van der Waals surface area contributed by atoms with E-state index in [9.17, 15) is 9.59 Å². The zero-order valence-electron chi connectivity index (χ0n) is 17.1. The molecule has 2 amide bonds. The summed E-state index contributed by atoms with van der Waals surface area (Å²) in [5, 5.41) is 10.4. The molecule has 0 fully saturated rings. The lowest BCUT2D eigenvalue weighted by Gasteiger charge is -2.14. The molecule has 0 atom stereocenters. The van der Waals surface area contributed by atoms with Crippen molar-refractivity contribution in [2.24, 2.45) is 4.99 Å². The highest BCUT2D eigenvalue weighted by atomic mass is 16.5. The number of benzene rings is 1. The molecule has 2 N–H and O–H groups in total. The van der Waals surface area contributed by atoms with Gasteiger partial charge in [-0.1, -0.05) is 31.1 Å². The number of rotatable bonds is 8. The molecule has 0 radical (unpaired) electrons. The fourth-order valence-corrected chi connectivity index (χ4v) is 3.12. The Morgan fingerprint density at radius 1 is 1.14 bits per heavy atom. The first-order chi connectivity index (χ1) is 14.0. The molecule has 0 saturated heterocycles. The number of aliphatic imine (C=N–C) groups is 1. The minimum Gasteiger partial charge on any atom is -0.359 e. The van der Waals surface area contributed by atoms with E-state index in [1.807, 2.05) is 6.07 Å². The highest BCUT2D eigenvalue weighted by molar-refractivity contribution is 6.21. The number of hydrogen-bond acceptors (Lipinski definition) is 5.